The molecule has 0 bridgehead atoms. The van der Waals surface area contributed by atoms with Crippen molar-refractivity contribution in [2.45, 2.75) is 6.42 Å². The van der Waals surface area contributed by atoms with Gasteiger partial charge in [-0.05, 0) is 18.1 Å². The fourth-order valence-corrected chi connectivity index (χ4v) is 2.10. The summed E-state index contributed by atoms with van der Waals surface area (Å²) in [6, 6.07) is 5.18. The van der Waals surface area contributed by atoms with Crippen molar-refractivity contribution < 1.29 is 17.3 Å². The summed E-state index contributed by atoms with van der Waals surface area (Å²) >= 11 is 6.06. The minimum atomic E-state index is -3.46. The Hall–Kier alpha value is -1.29. The molecule has 1 aromatic carbocycles. The Balaban J connectivity index is 2.89. The van der Waals surface area contributed by atoms with Gasteiger partial charge < -0.3 is 4.74 Å². The number of methoxy groups -OCH3 is 1. The lowest BCUT2D eigenvalue weighted by Gasteiger charge is -2.10. The molecule has 0 saturated carbocycles. The molecule has 0 aliphatic rings. The van der Waals surface area contributed by atoms with Crippen molar-refractivity contribution >= 4 is 21.7 Å². The van der Waals surface area contributed by atoms with Crippen LogP contribution in [0.25, 0.3) is 0 Å². The Morgan fingerprint density at radius 3 is 2.61 bits per heavy atom. The number of hydrogen-bond acceptors (Lipinski definition) is 5. The lowest BCUT2D eigenvalue weighted by molar-refractivity contribution is 0.325. The lowest BCUT2D eigenvalue weighted by Crippen LogP contribution is -2.06. The molecule has 1 rings (SSSR count). The zero-order chi connectivity index (χ0) is 13.8. The Bertz CT molecular complexity index is 577. The predicted molar refractivity (Wildman–Crippen MR) is 67.2 cm³/mol. The average Bonchev–Trinajstić information content (AvgIpc) is 2.29. The molecule has 98 valence electrons. The quantitative estimate of drug-likeness (QED) is 0.772. The second-order valence-electron chi connectivity index (χ2n) is 3.51. The molecule has 0 radical (unpaired) electrons. The molecule has 0 aromatic heterocycles. The molecule has 18 heavy (non-hydrogen) atoms. The first-order valence-corrected chi connectivity index (χ1v) is 7.18. The van der Waals surface area contributed by atoms with Crippen molar-refractivity contribution in [3.05, 3.63) is 28.3 Å². The van der Waals surface area contributed by atoms with Crippen molar-refractivity contribution in [2.75, 3.05) is 20.0 Å². The van der Waals surface area contributed by atoms with Gasteiger partial charge in [-0.3, -0.25) is 4.18 Å². The summed E-state index contributed by atoms with van der Waals surface area (Å²) < 4.78 is 31.3. The normalized spacial score (nSPS) is 11.0. The van der Waals surface area contributed by atoms with Gasteiger partial charge in [0.15, 0.2) is 5.75 Å². The molecule has 0 aliphatic carbocycles. The fourth-order valence-electron chi connectivity index (χ4n) is 1.38. The molecule has 0 fully saturated rings. The number of nitriles is 1. The van der Waals surface area contributed by atoms with Crippen LogP contribution in [-0.2, 0) is 20.7 Å². The van der Waals surface area contributed by atoms with Gasteiger partial charge in [-0.1, -0.05) is 17.7 Å². The maximum Gasteiger partial charge on any atom is 0.264 e. The zero-order valence-electron chi connectivity index (χ0n) is 9.94. The Morgan fingerprint density at radius 1 is 1.44 bits per heavy atom. The number of rotatable bonds is 5. The molecule has 1 aromatic rings. The molecule has 0 saturated heterocycles. The van der Waals surface area contributed by atoms with E-state index >= 15 is 0 Å². The third-order valence-corrected chi connectivity index (χ3v) is 3.18. The van der Waals surface area contributed by atoms with Gasteiger partial charge in [0.05, 0.1) is 30.6 Å². The maximum absolute atomic E-state index is 10.8. The van der Waals surface area contributed by atoms with Crippen LogP contribution in [0.3, 0.4) is 0 Å². The Morgan fingerprint density at radius 2 is 2.11 bits per heavy atom. The highest BCUT2D eigenvalue weighted by molar-refractivity contribution is 7.85. The zero-order valence-corrected chi connectivity index (χ0v) is 11.5. The van der Waals surface area contributed by atoms with Gasteiger partial charge in [-0.25, -0.2) is 0 Å². The molecular formula is C11H12ClNO4S. The molecule has 0 atom stereocenters. The topological polar surface area (TPSA) is 76.4 Å². The molecule has 5 nitrogen and oxygen atoms in total. The second kappa shape index (κ2) is 6.05. The molecule has 0 spiro atoms. The first-order chi connectivity index (χ1) is 8.39. The first kappa shape index (κ1) is 14.8. The van der Waals surface area contributed by atoms with E-state index in [1.54, 1.807) is 12.1 Å². The summed E-state index contributed by atoms with van der Waals surface area (Å²) in [6.45, 7) is -0.00634. The van der Waals surface area contributed by atoms with Crippen LogP contribution >= 0.6 is 11.6 Å². The summed E-state index contributed by atoms with van der Waals surface area (Å²) in [6.07, 6.45) is 1.29. The smallest absolute Gasteiger partial charge is 0.264 e. The number of halogens is 1. The van der Waals surface area contributed by atoms with Crippen LogP contribution in [0.2, 0.25) is 5.02 Å². The van der Waals surface area contributed by atoms with Crippen molar-refractivity contribution in [1.82, 2.24) is 0 Å². The molecule has 7 heteroatoms. The maximum atomic E-state index is 10.8. The third kappa shape index (κ3) is 3.88. The molecule has 0 amide bonds. The highest BCUT2D eigenvalue weighted by atomic mass is 35.5. The average molecular weight is 290 g/mol. The van der Waals surface area contributed by atoms with E-state index in [0.717, 1.165) is 6.26 Å². The predicted octanol–water partition coefficient (Wildman–Crippen LogP) is 1.74. The van der Waals surface area contributed by atoms with Crippen molar-refractivity contribution in [1.29, 1.82) is 5.26 Å². The summed E-state index contributed by atoms with van der Waals surface area (Å²) in [4.78, 5) is 0. The van der Waals surface area contributed by atoms with E-state index in [0.29, 0.717) is 22.6 Å². The Labute approximate surface area is 111 Å². The van der Waals surface area contributed by atoms with E-state index in [-0.39, 0.29) is 12.4 Å². The third-order valence-electron chi connectivity index (χ3n) is 2.17. The summed E-state index contributed by atoms with van der Waals surface area (Å²) in [5, 5.41) is 9.15. The number of nitrogens with zero attached hydrogens (tertiary/aromatic N) is 1. The first-order valence-electron chi connectivity index (χ1n) is 4.99. The van der Waals surface area contributed by atoms with E-state index in [1.165, 1.54) is 7.11 Å². The van der Waals surface area contributed by atoms with Crippen LogP contribution in [0.4, 0.5) is 0 Å². The van der Waals surface area contributed by atoms with Crippen molar-refractivity contribution in [3.8, 4) is 11.8 Å². The van der Waals surface area contributed by atoms with E-state index < -0.39 is 10.1 Å². The number of ether oxygens (including phenoxy) is 1. The van der Waals surface area contributed by atoms with Crippen LogP contribution in [0.15, 0.2) is 12.1 Å². The highest BCUT2D eigenvalue weighted by Gasteiger charge is 2.12. The lowest BCUT2D eigenvalue weighted by atomic mass is 10.1. The molecule has 0 aliphatic heterocycles. The Kier molecular flexibility index (Phi) is 4.96. The van der Waals surface area contributed by atoms with Crippen LogP contribution in [0.1, 0.15) is 11.1 Å². The fraction of sp³-hybridized carbons (Fsp3) is 0.364. The summed E-state index contributed by atoms with van der Waals surface area (Å²) in [5.41, 5.74) is 0.992. The van der Waals surface area contributed by atoms with Crippen molar-refractivity contribution in [3.63, 3.8) is 0 Å². The SMILES string of the molecule is COc1c(C#N)ccc(CCOS(C)(=O)=O)c1Cl. The highest BCUT2D eigenvalue weighted by Crippen LogP contribution is 2.31. The minimum Gasteiger partial charge on any atom is -0.494 e. The van der Waals surface area contributed by atoms with Gasteiger partial charge in [0, 0.05) is 0 Å². The largest absolute Gasteiger partial charge is 0.494 e. The van der Waals surface area contributed by atoms with Gasteiger partial charge in [-0.15, -0.1) is 0 Å². The van der Waals surface area contributed by atoms with Gasteiger partial charge >= 0.3 is 0 Å². The molecule has 0 unspecified atom stereocenters. The number of benzene rings is 1. The van der Waals surface area contributed by atoms with Crippen molar-refractivity contribution in [2.24, 2.45) is 0 Å². The monoisotopic (exact) mass is 289 g/mol. The molecular weight excluding hydrogens is 278 g/mol. The van der Waals surface area contributed by atoms with E-state index in [1.807, 2.05) is 6.07 Å². The van der Waals surface area contributed by atoms with Crippen LogP contribution in [0.5, 0.6) is 5.75 Å². The standard InChI is InChI=1S/C11H12ClNO4S/c1-16-11-9(7-13)4-3-8(10(11)12)5-6-17-18(2,14)15/h3-4H,5-6H2,1-2H3. The molecule has 0 heterocycles. The summed E-state index contributed by atoms with van der Waals surface area (Å²) in [7, 11) is -2.05. The van der Waals surface area contributed by atoms with Gasteiger partial charge in [0.1, 0.15) is 6.07 Å². The van der Waals surface area contributed by atoms with Crippen LogP contribution in [-0.4, -0.2) is 28.4 Å². The van der Waals surface area contributed by atoms with E-state index in [4.69, 9.17) is 21.6 Å². The number of hydrogen-bond donors (Lipinski definition) is 0. The second-order valence-corrected chi connectivity index (χ2v) is 5.53. The van der Waals surface area contributed by atoms with Crippen LogP contribution in [0, 0.1) is 11.3 Å². The van der Waals surface area contributed by atoms with Gasteiger partial charge in [0.2, 0.25) is 0 Å². The van der Waals surface area contributed by atoms with Crippen LogP contribution < -0.4 is 4.74 Å². The minimum absolute atomic E-state index is 0.00634. The molecule has 0 N–H and O–H groups in total. The van der Waals surface area contributed by atoms with Gasteiger partial charge in [0.25, 0.3) is 10.1 Å². The summed E-state index contributed by atoms with van der Waals surface area (Å²) in [5.74, 6) is 0.288. The van der Waals surface area contributed by atoms with E-state index in [9.17, 15) is 8.42 Å². The van der Waals surface area contributed by atoms with E-state index in [2.05, 4.69) is 4.18 Å². The van der Waals surface area contributed by atoms with Gasteiger partial charge in [-0.2, -0.15) is 13.7 Å².